The molecule has 0 unspecified atom stereocenters. The van der Waals surface area contributed by atoms with E-state index in [1.54, 1.807) is 11.8 Å². The third kappa shape index (κ3) is 2.69. The molecule has 0 radical (unpaired) electrons. The van der Waals surface area contributed by atoms with Crippen molar-refractivity contribution in [1.82, 2.24) is 14.8 Å². The third-order valence-electron chi connectivity index (χ3n) is 2.71. The second kappa shape index (κ2) is 5.28. The molecule has 0 bridgehead atoms. The number of rotatable bonds is 3. The van der Waals surface area contributed by atoms with Gasteiger partial charge in [-0.05, 0) is 12.1 Å². The second-order valence-electron chi connectivity index (χ2n) is 4.12. The predicted octanol–water partition coefficient (Wildman–Crippen LogP) is 3.63. The van der Waals surface area contributed by atoms with Crippen molar-refractivity contribution in [3.8, 4) is 11.4 Å². The topological polar surface area (TPSA) is 30.7 Å². The van der Waals surface area contributed by atoms with E-state index in [2.05, 4.69) is 22.2 Å². The minimum atomic E-state index is 0.765. The average molecular weight is 267 g/mol. The van der Waals surface area contributed by atoms with Crippen LogP contribution in [0.1, 0.15) is 0 Å². The SMILES string of the molecule is Cn1nc(-c2ccccc2)nc1Sc1ccccc1. The first-order valence-electron chi connectivity index (χ1n) is 6.02. The zero-order chi connectivity index (χ0) is 13.1. The number of hydrogen-bond donors (Lipinski definition) is 0. The molecule has 0 aliphatic carbocycles. The van der Waals surface area contributed by atoms with Crippen molar-refractivity contribution in [2.24, 2.45) is 7.05 Å². The zero-order valence-corrected chi connectivity index (χ0v) is 11.3. The van der Waals surface area contributed by atoms with E-state index in [1.807, 2.05) is 60.3 Å². The van der Waals surface area contributed by atoms with Crippen molar-refractivity contribution in [3.63, 3.8) is 0 Å². The predicted molar refractivity (Wildman–Crippen MR) is 77.0 cm³/mol. The van der Waals surface area contributed by atoms with Crippen LogP contribution in [0.3, 0.4) is 0 Å². The van der Waals surface area contributed by atoms with Crippen molar-refractivity contribution in [3.05, 3.63) is 60.7 Å². The van der Waals surface area contributed by atoms with Crippen molar-refractivity contribution < 1.29 is 0 Å². The van der Waals surface area contributed by atoms with Crippen LogP contribution in [0.2, 0.25) is 0 Å². The van der Waals surface area contributed by atoms with Crippen LogP contribution in [0, 0.1) is 0 Å². The maximum atomic E-state index is 4.59. The summed E-state index contributed by atoms with van der Waals surface area (Å²) in [4.78, 5) is 5.75. The molecule has 0 N–H and O–H groups in total. The molecule has 0 saturated carbocycles. The van der Waals surface area contributed by atoms with Crippen LogP contribution >= 0.6 is 11.8 Å². The fourth-order valence-electron chi connectivity index (χ4n) is 1.76. The molecule has 0 atom stereocenters. The van der Waals surface area contributed by atoms with Crippen LogP contribution in [0.5, 0.6) is 0 Å². The molecule has 19 heavy (non-hydrogen) atoms. The number of aromatic nitrogens is 3. The molecule has 3 rings (SSSR count). The first-order valence-corrected chi connectivity index (χ1v) is 6.84. The summed E-state index contributed by atoms with van der Waals surface area (Å²) < 4.78 is 1.82. The van der Waals surface area contributed by atoms with Gasteiger partial charge < -0.3 is 0 Å². The van der Waals surface area contributed by atoms with E-state index in [-0.39, 0.29) is 0 Å². The molecule has 4 heteroatoms. The number of nitrogens with zero attached hydrogens (tertiary/aromatic N) is 3. The molecule has 1 aromatic heterocycles. The monoisotopic (exact) mass is 267 g/mol. The van der Waals surface area contributed by atoms with Gasteiger partial charge >= 0.3 is 0 Å². The lowest BCUT2D eigenvalue weighted by atomic mass is 10.2. The summed E-state index contributed by atoms with van der Waals surface area (Å²) in [5, 5.41) is 5.36. The fourth-order valence-corrected chi connectivity index (χ4v) is 2.57. The van der Waals surface area contributed by atoms with Crippen molar-refractivity contribution in [2.45, 2.75) is 10.1 Å². The van der Waals surface area contributed by atoms with Gasteiger partial charge in [-0.1, -0.05) is 60.3 Å². The summed E-state index contributed by atoms with van der Waals surface area (Å²) in [7, 11) is 1.92. The van der Waals surface area contributed by atoms with E-state index in [4.69, 9.17) is 0 Å². The average Bonchev–Trinajstić information content (AvgIpc) is 2.82. The van der Waals surface area contributed by atoms with E-state index >= 15 is 0 Å². The Morgan fingerprint density at radius 1 is 0.895 bits per heavy atom. The minimum Gasteiger partial charge on any atom is -0.243 e. The highest BCUT2D eigenvalue weighted by Crippen LogP contribution is 2.27. The maximum absolute atomic E-state index is 4.59. The van der Waals surface area contributed by atoms with Crippen LogP contribution in [0.25, 0.3) is 11.4 Å². The van der Waals surface area contributed by atoms with Gasteiger partial charge in [0.1, 0.15) is 0 Å². The maximum Gasteiger partial charge on any atom is 0.191 e. The summed E-state index contributed by atoms with van der Waals surface area (Å²) in [5.74, 6) is 0.765. The highest BCUT2D eigenvalue weighted by Gasteiger charge is 2.09. The Balaban J connectivity index is 1.90. The van der Waals surface area contributed by atoms with E-state index in [1.165, 1.54) is 0 Å². The second-order valence-corrected chi connectivity index (χ2v) is 5.16. The van der Waals surface area contributed by atoms with Gasteiger partial charge in [0.25, 0.3) is 0 Å². The van der Waals surface area contributed by atoms with Crippen LogP contribution in [-0.4, -0.2) is 14.8 Å². The molecule has 94 valence electrons. The quantitative estimate of drug-likeness (QED) is 0.726. The Hall–Kier alpha value is -2.07. The van der Waals surface area contributed by atoms with Gasteiger partial charge in [-0.25, -0.2) is 9.67 Å². The van der Waals surface area contributed by atoms with Gasteiger partial charge in [0.05, 0.1) is 0 Å². The van der Waals surface area contributed by atoms with Crippen molar-refractivity contribution >= 4 is 11.8 Å². The molecule has 0 aliphatic rings. The van der Waals surface area contributed by atoms with Gasteiger partial charge in [0, 0.05) is 17.5 Å². The van der Waals surface area contributed by atoms with Gasteiger partial charge in [-0.15, -0.1) is 0 Å². The number of hydrogen-bond acceptors (Lipinski definition) is 3. The van der Waals surface area contributed by atoms with Crippen molar-refractivity contribution in [1.29, 1.82) is 0 Å². The molecule has 3 nitrogen and oxygen atoms in total. The highest BCUT2D eigenvalue weighted by atomic mass is 32.2. The van der Waals surface area contributed by atoms with Gasteiger partial charge in [-0.3, -0.25) is 0 Å². The molecule has 1 heterocycles. The van der Waals surface area contributed by atoms with Crippen LogP contribution in [0.15, 0.2) is 70.7 Å². The Morgan fingerprint density at radius 2 is 1.53 bits per heavy atom. The highest BCUT2D eigenvalue weighted by molar-refractivity contribution is 7.99. The van der Waals surface area contributed by atoms with E-state index in [0.717, 1.165) is 21.4 Å². The summed E-state index contributed by atoms with van der Waals surface area (Å²) >= 11 is 1.62. The molecule has 0 saturated heterocycles. The van der Waals surface area contributed by atoms with Crippen LogP contribution in [0.4, 0.5) is 0 Å². The summed E-state index contributed by atoms with van der Waals surface area (Å²) in [6, 6.07) is 20.2. The van der Waals surface area contributed by atoms with Crippen molar-refractivity contribution in [2.75, 3.05) is 0 Å². The lowest BCUT2D eigenvalue weighted by Crippen LogP contribution is -1.92. The largest absolute Gasteiger partial charge is 0.243 e. The zero-order valence-electron chi connectivity index (χ0n) is 10.5. The Morgan fingerprint density at radius 3 is 2.21 bits per heavy atom. The first kappa shape index (κ1) is 12.0. The molecule has 0 spiro atoms. The van der Waals surface area contributed by atoms with E-state index in [0.29, 0.717) is 0 Å². The smallest absolute Gasteiger partial charge is 0.191 e. The molecule has 0 fully saturated rings. The van der Waals surface area contributed by atoms with E-state index < -0.39 is 0 Å². The van der Waals surface area contributed by atoms with E-state index in [9.17, 15) is 0 Å². The standard InChI is InChI=1S/C15H13N3S/c1-18-15(19-13-10-6-3-7-11-13)16-14(17-18)12-8-4-2-5-9-12/h2-11H,1H3. The third-order valence-corrected chi connectivity index (χ3v) is 3.75. The molecular formula is C15H13N3S. The number of aryl methyl sites for hydroxylation is 1. The summed E-state index contributed by atoms with van der Waals surface area (Å²) in [6.45, 7) is 0. The molecule has 2 aromatic carbocycles. The molecule has 0 aliphatic heterocycles. The summed E-state index contributed by atoms with van der Waals surface area (Å²) in [6.07, 6.45) is 0. The Bertz CT molecular complexity index is 662. The Kier molecular flexibility index (Phi) is 3.33. The Labute approximate surface area is 116 Å². The number of benzene rings is 2. The van der Waals surface area contributed by atoms with Gasteiger partial charge in [0.15, 0.2) is 11.0 Å². The normalized spacial score (nSPS) is 10.6. The molecule has 3 aromatic rings. The van der Waals surface area contributed by atoms with Crippen LogP contribution < -0.4 is 0 Å². The molecular weight excluding hydrogens is 254 g/mol. The lowest BCUT2D eigenvalue weighted by molar-refractivity contribution is 0.686. The van der Waals surface area contributed by atoms with Crippen LogP contribution in [-0.2, 0) is 7.05 Å². The van der Waals surface area contributed by atoms with Gasteiger partial charge in [0.2, 0.25) is 0 Å². The fraction of sp³-hybridized carbons (Fsp3) is 0.0667. The molecule has 0 amide bonds. The summed E-state index contributed by atoms with van der Waals surface area (Å²) in [5.41, 5.74) is 1.04. The minimum absolute atomic E-state index is 0.765. The van der Waals surface area contributed by atoms with Gasteiger partial charge in [-0.2, -0.15) is 5.10 Å². The first-order chi connectivity index (χ1) is 9.33. The lowest BCUT2D eigenvalue weighted by Gasteiger charge is -1.98.